The molecule has 0 heterocycles. The van der Waals surface area contributed by atoms with E-state index in [0.717, 1.165) is 12.0 Å². The third-order valence-electron chi connectivity index (χ3n) is 4.10. The second-order valence-electron chi connectivity index (χ2n) is 7.17. The highest BCUT2D eigenvalue weighted by molar-refractivity contribution is 5.82. The number of aryl methyl sites for hydroxylation is 1. The van der Waals surface area contributed by atoms with Gasteiger partial charge in [0.15, 0.2) is 5.03 Å². The summed E-state index contributed by atoms with van der Waals surface area (Å²) in [5.41, 5.74) is 3.11. The Morgan fingerprint density at radius 1 is 1.38 bits per heavy atom. The highest BCUT2D eigenvalue weighted by Crippen LogP contribution is 2.10. The van der Waals surface area contributed by atoms with Crippen LogP contribution in [-0.2, 0) is 11.3 Å². The zero-order valence-corrected chi connectivity index (χ0v) is 17.0. The van der Waals surface area contributed by atoms with Crippen molar-refractivity contribution in [3.63, 3.8) is 0 Å². The zero-order valence-electron chi connectivity index (χ0n) is 17.0. The highest BCUT2D eigenvalue weighted by atomic mass is 19.1. The molecule has 0 saturated carbocycles. The average molecular weight is 409 g/mol. The van der Waals surface area contributed by atoms with Gasteiger partial charge in [-0.2, -0.15) is 0 Å². The van der Waals surface area contributed by atoms with Gasteiger partial charge in [0, 0.05) is 19.6 Å². The highest BCUT2D eigenvalue weighted by Gasteiger charge is 2.18. The molecular weight excluding hydrogens is 379 g/mol. The van der Waals surface area contributed by atoms with Crippen molar-refractivity contribution in [3.8, 4) is 0 Å². The first-order valence-electron chi connectivity index (χ1n) is 9.53. The molecule has 0 unspecified atom stereocenters. The second kappa shape index (κ2) is 12.7. The molecular formula is C19H30FN6O3. The van der Waals surface area contributed by atoms with E-state index in [0.29, 0.717) is 37.4 Å². The van der Waals surface area contributed by atoms with Crippen LogP contribution >= 0.6 is 0 Å². The SMILES string of the molecule is Cc1cc(CN[C@@H](CCCNC(=N)N[N+](=O)[O-])C(=O)N[CH]CC(C)C)ccc1F. The summed E-state index contributed by atoms with van der Waals surface area (Å²) in [5, 5.41) is 25.4. The van der Waals surface area contributed by atoms with E-state index in [2.05, 4.69) is 29.8 Å². The molecule has 0 fully saturated rings. The number of rotatable bonds is 12. The molecule has 0 spiro atoms. The minimum Gasteiger partial charge on any atom is -0.352 e. The topological polar surface area (TPSA) is 132 Å². The van der Waals surface area contributed by atoms with E-state index in [1.165, 1.54) is 6.07 Å². The van der Waals surface area contributed by atoms with E-state index in [1.54, 1.807) is 31.0 Å². The molecule has 161 valence electrons. The summed E-state index contributed by atoms with van der Waals surface area (Å²) in [4.78, 5) is 22.8. The number of carbonyl (C=O) groups is 1. The smallest absolute Gasteiger partial charge is 0.251 e. The number of hydrazine groups is 1. The third kappa shape index (κ3) is 10.4. The van der Waals surface area contributed by atoms with E-state index >= 15 is 0 Å². The third-order valence-corrected chi connectivity index (χ3v) is 4.10. The number of hydrogen-bond donors (Lipinski definition) is 5. The molecule has 0 saturated heterocycles. The first-order chi connectivity index (χ1) is 13.7. The molecule has 0 aliphatic carbocycles. The quantitative estimate of drug-likeness (QED) is 0.118. The Hall–Kier alpha value is -2.75. The van der Waals surface area contributed by atoms with Crippen LogP contribution in [-0.4, -0.2) is 29.5 Å². The predicted octanol–water partition coefficient (Wildman–Crippen LogP) is 2.00. The molecule has 1 radical (unpaired) electrons. The average Bonchev–Trinajstić information content (AvgIpc) is 2.62. The number of carbonyl (C=O) groups excluding carboxylic acids is 1. The fraction of sp³-hybridized carbons (Fsp3) is 0.526. The molecule has 29 heavy (non-hydrogen) atoms. The Balaban J connectivity index is 2.57. The number of guanidine groups is 1. The van der Waals surface area contributed by atoms with Gasteiger partial charge < -0.3 is 16.0 Å². The summed E-state index contributed by atoms with van der Waals surface area (Å²) in [7, 11) is 0. The molecule has 0 aliphatic heterocycles. The molecule has 1 aromatic carbocycles. The Kier molecular flexibility index (Phi) is 10.6. The summed E-state index contributed by atoms with van der Waals surface area (Å²) in [6.45, 7) is 8.22. The summed E-state index contributed by atoms with van der Waals surface area (Å²) >= 11 is 0. The van der Waals surface area contributed by atoms with Crippen LogP contribution < -0.4 is 21.4 Å². The number of halogens is 1. The fourth-order valence-corrected chi connectivity index (χ4v) is 2.53. The van der Waals surface area contributed by atoms with E-state index in [-0.39, 0.29) is 11.7 Å². The minimum atomic E-state index is -0.817. The Morgan fingerprint density at radius 2 is 2.10 bits per heavy atom. The van der Waals surface area contributed by atoms with Gasteiger partial charge in [-0.1, -0.05) is 31.4 Å². The Labute approximate surface area is 170 Å². The van der Waals surface area contributed by atoms with Gasteiger partial charge in [0.05, 0.1) is 6.04 Å². The van der Waals surface area contributed by atoms with Crippen molar-refractivity contribution in [3.05, 3.63) is 51.8 Å². The van der Waals surface area contributed by atoms with Gasteiger partial charge in [0.1, 0.15) is 5.82 Å². The van der Waals surface area contributed by atoms with Crippen LogP contribution in [0.1, 0.15) is 44.2 Å². The standard InChI is InChI=1S/C19H30FN6O3/c1-13(2)8-10-22-18(27)17(5-4-9-23-19(21)25-26(28)29)24-12-15-6-7-16(20)14(3)11-15/h6-7,10-11,13,17,24H,4-5,8-9,12H2,1-3H3,(H,22,27)(H3,21,23,25)/t17-/m0/s1. The summed E-state index contributed by atoms with van der Waals surface area (Å²) < 4.78 is 13.4. The summed E-state index contributed by atoms with van der Waals surface area (Å²) in [5.74, 6) is -0.435. The molecule has 0 aliphatic rings. The van der Waals surface area contributed by atoms with Crippen LogP contribution in [0, 0.1) is 40.7 Å². The van der Waals surface area contributed by atoms with Crippen molar-refractivity contribution >= 4 is 11.9 Å². The van der Waals surface area contributed by atoms with Crippen LogP contribution in [0.2, 0.25) is 0 Å². The number of hydrogen-bond acceptors (Lipinski definition) is 5. The molecule has 1 aromatic rings. The zero-order chi connectivity index (χ0) is 21.8. The lowest BCUT2D eigenvalue weighted by atomic mass is 10.1. The van der Waals surface area contributed by atoms with Crippen molar-refractivity contribution in [1.29, 1.82) is 5.41 Å². The summed E-state index contributed by atoms with van der Waals surface area (Å²) in [6.07, 6.45) is 1.72. The van der Waals surface area contributed by atoms with Gasteiger partial charge in [-0.05, 0) is 49.3 Å². The minimum absolute atomic E-state index is 0.178. The second-order valence-corrected chi connectivity index (χ2v) is 7.17. The first kappa shape index (κ1) is 24.3. The molecule has 1 amide bonds. The van der Waals surface area contributed by atoms with Gasteiger partial charge in [-0.25, -0.2) is 14.5 Å². The van der Waals surface area contributed by atoms with Crippen LogP contribution in [0.5, 0.6) is 0 Å². The maximum Gasteiger partial charge on any atom is 0.251 e. The number of benzene rings is 1. The van der Waals surface area contributed by atoms with Crippen molar-refractivity contribution in [2.75, 3.05) is 6.54 Å². The maximum absolute atomic E-state index is 13.4. The largest absolute Gasteiger partial charge is 0.352 e. The first-order valence-corrected chi connectivity index (χ1v) is 9.53. The number of nitro groups is 1. The van der Waals surface area contributed by atoms with Gasteiger partial charge in [-0.3, -0.25) is 10.2 Å². The van der Waals surface area contributed by atoms with Crippen molar-refractivity contribution in [2.24, 2.45) is 5.92 Å². The summed E-state index contributed by atoms with van der Waals surface area (Å²) in [6, 6.07) is 4.30. The van der Waals surface area contributed by atoms with Crippen LogP contribution in [0.3, 0.4) is 0 Å². The molecule has 1 rings (SSSR count). The van der Waals surface area contributed by atoms with Gasteiger partial charge in [0.25, 0.3) is 5.96 Å². The molecule has 5 N–H and O–H groups in total. The molecule has 10 heteroatoms. The van der Waals surface area contributed by atoms with E-state index in [4.69, 9.17) is 5.41 Å². The van der Waals surface area contributed by atoms with Gasteiger partial charge in [-0.15, -0.1) is 0 Å². The Bertz CT molecular complexity index is 699. The number of nitrogens with zero attached hydrogens (tertiary/aromatic N) is 1. The lowest BCUT2D eigenvalue weighted by Crippen LogP contribution is -2.44. The van der Waals surface area contributed by atoms with Crippen molar-refractivity contribution in [2.45, 2.75) is 52.6 Å². The lowest BCUT2D eigenvalue weighted by molar-refractivity contribution is -0.525. The predicted molar refractivity (Wildman–Crippen MR) is 109 cm³/mol. The number of amides is 1. The van der Waals surface area contributed by atoms with Gasteiger partial charge in [0.2, 0.25) is 5.91 Å². The fourth-order valence-electron chi connectivity index (χ4n) is 2.53. The van der Waals surface area contributed by atoms with Crippen LogP contribution in [0.25, 0.3) is 0 Å². The van der Waals surface area contributed by atoms with Crippen LogP contribution in [0.4, 0.5) is 4.39 Å². The van der Waals surface area contributed by atoms with E-state index in [9.17, 15) is 19.3 Å². The molecule has 1 atom stereocenters. The van der Waals surface area contributed by atoms with E-state index < -0.39 is 17.0 Å². The number of nitrogens with one attached hydrogen (secondary N) is 5. The molecule has 9 nitrogen and oxygen atoms in total. The van der Waals surface area contributed by atoms with Gasteiger partial charge >= 0.3 is 0 Å². The molecule has 0 bridgehead atoms. The molecule has 0 aromatic heterocycles. The van der Waals surface area contributed by atoms with Crippen molar-refractivity contribution in [1.82, 2.24) is 21.4 Å². The maximum atomic E-state index is 13.4. The van der Waals surface area contributed by atoms with Crippen molar-refractivity contribution < 1.29 is 14.2 Å². The lowest BCUT2D eigenvalue weighted by Gasteiger charge is -2.19. The monoisotopic (exact) mass is 409 g/mol. The van der Waals surface area contributed by atoms with Crippen LogP contribution in [0.15, 0.2) is 18.2 Å². The normalized spacial score (nSPS) is 11.8. The van der Waals surface area contributed by atoms with E-state index in [1.807, 2.05) is 0 Å². The Morgan fingerprint density at radius 3 is 2.72 bits per heavy atom.